The van der Waals surface area contributed by atoms with Crippen LogP contribution < -0.4 is 15.5 Å². The van der Waals surface area contributed by atoms with E-state index in [1.165, 1.54) is 12.8 Å². The lowest BCUT2D eigenvalue weighted by Crippen LogP contribution is -2.29. The molecule has 0 aromatic heterocycles. The van der Waals surface area contributed by atoms with Gasteiger partial charge >= 0.3 is 11.8 Å². The predicted molar refractivity (Wildman–Crippen MR) is 110 cm³/mol. The molecule has 142 valence electrons. The lowest BCUT2D eigenvalue weighted by atomic mass is 9.98. The Kier molecular flexibility index (Phi) is 5.79. The molecule has 0 saturated carbocycles. The highest BCUT2D eigenvalue weighted by Crippen LogP contribution is 2.27. The number of nitrogens with zero attached hydrogens (tertiary/aromatic N) is 1. The molecule has 1 aliphatic rings. The van der Waals surface area contributed by atoms with Gasteiger partial charge in [-0.3, -0.25) is 9.59 Å². The summed E-state index contributed by atoms with van der Waals surface area (Å²) in [4.78, 5) is 27.0. The molecule has 0 bridgehead atoms. The number of para-hydroxylation sites is 1. The zero-order valence-electron chi connectivity index (χ0n) is 16.2. The van der Waals surface area contributed by atoms with Gasteiger partial charge in [-0.05, 0) is 61.1 Å². The van der Waals surface area contributed by atoms with Crippen LogP contribution in [0.25, 0.3) is 0 Å². The third kappa shape index (κ3) is 4.48. The number of anilines is 3. The van der Waals surface area contributed by atoms with Crippen molar-refractivity contribution in [1.29, 1.82) is 0 Å². The van der Waals surface area contributed by atoms with Gasteiger partial charge in [0.2, 0.25) is 0 Å². The smallest absolute Gasteiger partial charge is 0.314 e. The fraction of sp³-hybridized carbons (Fsp3) is 0.364. The van der Waals surface area contributed by atoms with Crippen LogP contribution in [0.5, 0.6) is 0 Å². The molecule has 1 fully saturated rings. The maximum absolute atomic E-state index is 12.4. The van der Waals surface area contributed by atoms with E-state index < -0.39 is 11.8 Å². The van der Waals surface area contributed by atoms with Crippen LogP contribution in [0, 0.1) is 6.92 Å². The van der Waals surface area contributed by atoms with E-state index in [-0.39, 0.29) is 5.92 Å². The Labute approximate surface area is 160 Å². The summed E-state index contributed by atoms with van der Waals surface area (Å²) in [5.74, 6) is -1.07. The van der Waals surface area contributed by atoms with Crippen LogP contribution in [0.15, 0.2) is 42.5 Å². The van der Waals surface area contributed by atoms with Gasteiger partial charge in [0.25, 0.3) is 0 Å². The second-order valence-electron chi connectivity index (χ2n) is 7.34. The summed E-state index contributed by atoms with van der Waals surface area (Å²) in [5, 5.41) is 5.46. The summed E-state index contributed by atoms with van der Waals surface area (Å²) in [6, 6.07) is 13.5. The van der Waals surface area contributed by atoms with Gasteiger partial charge in [0.15, 0.2) is 0 Å². The van der Waals surface area contributed by atoms with Crippen LogP contribution in [-0.2, 0) is 9.59 Å². The average molecular weight is 365 g/mol. The summed E-state index contributed by atoms with van der Waals surface area (Å²) >= 11 is 0. The fourth-order valence-electron chi connectivity index (χ4n) is 3.43. The first-order valence-electron chi connectivity index (χ1n) is 9.52. The van der Waals surface area contributed by atoms with Crippen LogP contribution in [0.2, 0.25) is 0 Å². The number of nitrogens with one attached hydrogen (secondary N) is 2. The van der Waals surface area contributed by atoms with Crippen LogP contribution in [0.3, 0.4) is 0 Å². The number of hydrogen-bond donors (Lipinski definition) is 2. The molecule has 0 spiro atoms. The number of carbonyl (C=O) groups excluding carboxylic acids is 2. The van der Waals surface area contributed by atoms with Crippen molar-refractivity contribution in [3.8, 4) is 0 Å². The molecule has 0 atom stereocenters. The quantitative estimate of drug-likeness (QED) is 0.794. The van der Waals surface area contributed by atoms with Gasteiger partial charge in [-0.2, -0.15) is 0 Å². The van der Waals surface area contributed by atoms with Gasteiger partial charge in [-0.25, -0.2) is 0 Å². The Balaban J connectivity index is 1.65. The molecule has 2 aromatic rings. The van der Waals surface area contributed by atoms with Gasteiger partial charge in [0, 0.05) is 30.2 Å². The molecular weight excluding hydrogens is 338 g/mol. The summed E-state index contributed by atoms with van der Waals surface area (Å²) < 4.78 is 0. The minimum Gasteiger partial charge on any atom is -0.372 e. The number of amides is 2. The van der Waals surface area contributed by atoms with Gasteiger partial charge in [-0.15, -0.1) is 0 Å². The van der Waals surface area contributed by atoms with Gasteiger partial charge < -0.3 is 15.5 Å². The first-order chi connectivity index (χ1) is 13.0. The van der Waals surface area contributed by atoms with Crippen molar-refractivity contribution in [2.24, 2.45) is 0 Å². The molecule has 1 aliphatic heterocycles. The largest absolute Gasteiger partial charge is 0.372 e. The van der Waals surface area contributed by atoms with Crippen LogP contribution in [0.4, 0.5) is 17.1 Å². The Bertz CT molecular complexity index is 822. The molecule has 2 aromatic carbocycles. The molecule has 27 heavy (non-hydrogen) atoms. The Morgan fingerprint density at radius 3 is 2.19 bits per heavy atom. The van der Waals surface area contributed by atoms with E-state index in [1.54, 1.807) is 0 Å². The van der Waals surface area contributed by atoms with Gasteiger partial charge in [0.05, 0.1) is 0 Å². The molecular formula is C22H27N3O2. The lowest BCUT2D eigenvalue weighted by Gasteiger charge is -2.18. The summed E-state index contributed by atoms with van der Waals surface area (Å²) in [6.07, 6.45) is 2.44. The molecule has 1 heterocycles. The normalized spacial score (nSPS) is 13.7. The lowest BCUT2D eigenvalue weighted by molar-refractivity contribution is -0.133. The van der Waals surface area contributed by atoms with E-state index in [2.05, 4.69) is 29.4 Å². The Hall–Kier alpha value is -2.82. The number of carbonyl (C=O) groups is 2. The predicted octanol–water partition coefficient (Wildman–Crippen LogP) is 4.30. The van der Waals surface area contributed by atoms with E-state index in [4.69, 9.17) is 0 Å². The molecule has 2 amide bonds. The first-order valence-corrected chi connectivity index (χ1v) is 9.52. The molecule has 5 nitrogen and oxygen atoms in total. The summed E-state index contributed by atoms with van der Waals surface area (Å²) in [7, 11) is 0. The van der Waals surface area contributed by atoms with E-state index in [9.17, 15) is 9.59 Å². The van der Waals surface area contributed by atoms with Crippen LogP contribution >= 0.6 is 0 Å². The molecule has 0 radical (unpaired) electrons. The van der Waals surface area contributed by atoms with E-state index in [1.807, 2.05) is 49.4 Å². The third-order valence-corrected chi connectivity index (χ3v) is 4.97. The highest BCUT2D eigenvalue weighted by molar-refractivity contribution is 6.43. The average Bonchev–Trinajstić information content (AvgIpc) is 3.18. The zero-order chi connectivity index (χ0) is 19.4. The number of rotatable bonds is 4. The minimum atomic E-state index is -0.665. The summed E-state index contributed by atoms with van der Waals surface area (Å²) in [6.45, 7) is 8.20. The van der Waals surface area contributed by atoms with Crippen molar-refractivity contribution in [3.05, 3.63) is 53.6 Å². The minimum absolute atomic E-state index is 0.251. The maximum atomic E-state index is 12.4. The fourth-order valence-corrected chi connectivity index (χ4v) is 3.43. The highest BCUT2D eigenvalue weighted by atomic mass is 16.2. The number of hydrogen-bond acceptors (Lipinski definition) is 3. The zero-order valence-corrected chi connectivity index (χ0v) is 16.2. The van der Waals surface area contributed by atoms with Crippen molar-refractivity contribution in [3.63, 3.8) is 0 Å². The molecule has 1 saturated heterocycles. The topological polar surface area (TPSA) is 61.4 Å². The van der Waals surface area contributed by atoms with E-state index in [0.717, 1.165) is 35.6 Å². The van der Waals surface area contributed by atoms with Crippen molar-refractivity contribution < 1.29 is 9.59 Å². The first kappa shape index (κ1) is 19.0. The third-order valence-electron chi connectivity index (χ3n) is 4.97. The SMILES string of the molecule is Cc1cccc(C(C)C)c1NC(=O)C(=O)Nc1ccc(N2CCCC2)cc1. The van der Waals surface area contributed by atoms with Crippen molar-refractivity contribution in [2.45, 2.75) is 39.5 Å². The molecule has 3 rings (SSSR count). The van der Waals surface area contributed by atoms with Crippen LogP contribution in [-0.4, -0.2) is 24.9 Å². The number of benzene rings is 2. The maximum Gasteiger partial charge on any atom is 0.314 e. The van der Waals surface area contributed by atoms with Crippen LogP contribution in [0.1, 0.15) is 43.7 Å². The highest BCUT2D eigenvalue weighted by Gasteiger charge is 2.18. The van der Waals surface area contributed by atoms with Crippen molar-refractivity contribution >= 4 is 28.9 Å². The standard InChI is InChI=1S/C22H27N3O2/c1-15(2)19-8-6-7-16(3)20(19)24-22(27)21(26)23-17-9-11-18(12-10-17)25-13-4-5-14-25/h6-12,15H,4-5,13-14H2,1-3H3,(H,23,26)(H,24,27). The number of aryl methyl sites for hydroxylation is 1. The van der Waals surface area contributed by atoms with Crippen molar-refractivity contribution in [2.75, 3.05) is 28.6 Å². The molecule has 0 aliphatic carbocycles. The van der Waals surface area contributed by atoms with E-state index >= 15 is 0 Å². The molecule has 2 N–H and O–H groups in total. The van der Waals surface area contributed by atoms with Gasteiger partial charge in [0.1, 0.15) is 0 Å². The molecule has 5 heteroatoms. The molecule has 0 unspecified atom stereocenters. The summed E-state index contributed by atoms with van der Waals surface area (Å²) in [5.41, 5.74) is 4.45. The van der Waals surface area contributed by atoms with Gasteiger partial charge in [-0.1, -0.05) is 32.0 Å². The Morgan fingerprint density at radius 1 is 0.926 bits per heavy atom. The Morgan fingerprint density at radius 2 is 1.56 bits per heavy atom. The second kappa shape index (κ2) is 8.25. The second-order valence-corrected chi connectivity index (χ2v) is 7.34. The van der Waals surface area contributed by atoms with Crippen molar-refractivity contribution in [1.82, 2.24) is 0 Å². The van der Waals surface area contributed by atoms with E-state index in [0.29, 0.717) is 5.69 Å². The monoisotopic (exact) mass is 365 g/mol.